The second-order valence-electron chi connectivity index (χ2n) is 4.05. The highest BCUT2D eigenvalue weighted by Crippen LogP contribution is 2.18. The molecular weight excluding hydrogens is 270 g/mol. The van der Waals surface area contributed by atoms with Crippen molar-refractivity contribution >= 4 is 12.1 Å². The minimum Gasteiger partial charge on any atom is -0.497 e. The van der Waals surface area contributed by atoms with Crippen molar-refractivity contribution in [3.8, 4) is 11.5 Å². The third-order valence-electron chi connectivity index (χ3n) is 2.50. The lowest BCUT2D eigenvalue weighted by atomic mass is 10.3. The summed E-state index contributed by atoms with van der Waals surface area (Å²) in [7, 11) is 1.57. The zero-order valence-corrected chi connectivity index (χ0v) is 11.5. The molecule has 0 saturated carbocycles. The summed E-state index contributed by atoms with van der Waals surface area (Å²) in [5.74, 6) is 0.876. The number of carbonyl (C=O) groups excluding carboxylic acids is 1. The van der Waals surface area contributed by atoms with E-state index in [0.29, 0.717) is 11.5 Å². The van der Waals surface area contributed by atoms with Crippen molar-refractivity contribution in [3.63, 3.8) is 0 Å². The van der Waals surface area contributed by atoms with E-state index in [0.717, 1.165) is 5.56 Å². The molecule has 0 aliphatic heterocycles. The Balaban J connectivity index is 1.78. The molecule has 0 fully saturated rings. The largest absolute Gasteiger partial charge is 0.497 e. The van der Waals surface area contributed by atoms with Crippen LogP contribution in [0.5, 0.6) is 11.5 Å². The summed E-state index contributed by atoms with van der Waals surface area (Å²) >= 11 is 0. The summed E-state index contributed by atoms with van der Waals surface area (Å²) in [6, 6.07) is 10.6. The monoisotopic (exact) mass is 285 g/mol. The number of methoxy groups -OCH3 is 1. The fraction of sp³-hybridized carbons (Fsp3) is 0.133. The summed E-state index contributed by atoms with van der Waals surface area (Å²) in [5, 5.41) is 3.82. The second kappa shape index (κ2) is 7.64. The Hall–Kier alpha value is -2.89. The number of nitrogens with zero attached hydrogens (tertiary/aromatic N) is 2. The van der Waals surface area contributed by atoms with Crippen molar-refractivity contribution in [2.24, 2.45) is 5.10 Å². The molecule has 1 aromatic heterocycles. The molecule has 0 atom stereocenters. The van der Waals surface area contributed by atoms with E-state index in [-0.39, 0.29) is 12.5 Å². The molecule has 21 heavy (non-hydrogen) atoms. The first-order chi connectivity index (χ1) is 10.3. The number of pyridine rings is 1. The number of amides is 1. The van der Waals surface area contributed by atoms with Gasteiger partial charge in [0.1, 0.15) is 11.5 Å². The average Bonchev–Trinajstić information content (AvgIpc) is 2.54. The van der Waals surface area contributed by atoms with Crippen LogP contribution in [0.3, 0.4) is 0 Å². The maximum atomic E-state index is 11.6. The van der Waals surface area contributed by atoms with Gasteiger partial charge in [-0.05, 0) is 18.2 Å². The topological polar surface area (TPSA) is 72.8 Å². The lowest BCUT2D eigenvalue weighted by molar-refractivity contribution is -0.123. The van der Waals surface area contributed by atoms with E-state index in [9.17, 15) is 4.79 Å². The van der Waals surface area contributed by atoms with E-state index in [1.54, 1.807) is 49.8 Å². The number of benzene rings is 1. The molecule has 0 aliphatic rings. The Morgan fingerprint density at radius 2 is 2.19 bits per heavy atom. The Morgan fingerprint density at radius 1 is 1.33 bits per heavy atom. The van der Waals surface area contributed by atoms with Crippen LogP contribution < -0.4 is 14.9 Å². The van der Waals surface area contributed by atoms with Gasteiger partial charge in [-0.3, -0.25) is 9.78 Å². The van der Waals surface area contributed by atoms with E-state index in [4.69, 9.17) is 9.47 Å². The molecule has 2 rings (SSSR count). The molecule has 1 amide bonds. The summed E-state index contributed by atoms with van der Waals surface area (Å²) in [5.41, 5.74) is 3.17. The smallest absolute Gasteiger partial charge is 0.277 e. The zero-order valence-electron chi connectivity index (χ0n) is 11.5. The third kappa shape index (κ3) is 4.94. The molecule has 1 heterocycles. The molecular formula is C15H15N3O3. The predicted molar refractivity (Wildman–Crippen MR) is 78.5 cm³/mol. The molecule has 6 nitrogen and oxygen atoms in total. The Labute approximate surface area is 122 Å². The summed E-state index contributed by atoms with van der Waals surface area (Å²) in [6.45, 7) is -0.127. The first-order valence-electron chi connectivity index (χ1n) is 6.27. The highest BCUT2D eigenvalue weighted by atomic mass is 16.5. The minimum absolute atomic E-state index is 0.127. The molecule has 0 bridgehead atoms. The number of nitrogens with one attached hydrogen (secondary N) is 1. The van der Waals surface area contributed by atoms with Crippen LogP contribution in [0.25, 0.3) is 0 Å². The van der Waals surface area contributed by atoms with Crippen LogP contribution in [0.1, 0.15) is 5.56 Å². The first kappa shape index (κ1) is 14.5. The molecule has 2 aromatic rings. The number of hydrogen-bond acceptors (Lipinski definition) is 5. The van der Waals surface area contributed by atoms with E-state index >= 15 is 0 Å². The maximum Gasteiger partial charge on any atom is 0.277 e. The summed E-state index contributed by atoms with van der Waals surface area (Å²) in [4.78, 5) is 15.5. The van der Waals surface area contributed by atoms with Crippen molar-refractivity contribution in [1.82, 2.24) is 10.4 Å². The second-order valence-corrected chi connectivity index (χ2v) is 4.05. The fourth-order valence-electron chi connectivity index (χ4n) is 1.50. The summed E-state index contributed by atoms with van der Waals surface area (Å²) < 4.78 is 10.4. The molecule has 0 aliphatic carbocycles. The van der Waals surface area contributed by atoms with E-state index in [1.165, 1.54) is 6.21 Å². The predicted octanol–water partition coefficient (Wildman–Crippen LogP) is 1.62. The molecule has 6 heteroatoms. The van der Waals surface area contributed by atoms with Crippen LogP contribution in [0, 0.1) is 0 Å². The van der Waals surface area contributed by atoms with Gasteiger partial charge in [0.05, 0.1) is 13.3 Å². The normalized spacial score (nSPS) is 10.3. The van der Waals surface area contributed by atoms with Crippen molar-refractivity contribution < 1.29 is 14.3 Å². The van der Waals surface area contributed by atoms with Gasteiger partial charge in [-0.2, -0.15) is 5.10 Å². The number of rotatable bonds is 6. The van der Waals surface area contributed by atoms with Crippen molar-refractivity contribution in [3.05, 3.63) is 54.4 Å². The molecule has 0 unspecified atom stereocenters. The third-order valence-corrected chi connectivity index (χ3v) is 2.50. The van der Waals surface area contributed by atoms with Crippen LogP contribution in [0.2, 0.25) is 0 Å². The molecule has 0 spiro atoms. The van der Waals surface area contributed by atoms with Crippen molar-refractivity contribution in [2.75, 3.05) is 13.7 Å². The quantitative estimate of drug-likeness (QED) is 0.646. The molecule has 1 aromatic carbocycles. The number of carbonyl (C=O) groups is 1. The number of hydrogen-bond donors (Lipinski definition) is 1. The molecule has 108 valence electrons. The lowest BCUT2D eigenvalue weighted by Gasteiger charge is -2.06. The van der Waals surface area contributed by atoms with Gasteiger partial charge in [0.15, 0.2) is 6.61 Å². The Kier molecular flexibility index (Phi) is 5.28. The molecule has 1 N–H and O–H groups in total. The van der Waals surface area contributed by atoms with Gasteiger partial charge in [0.25, 0.3) is 5.91 Å². The van der Waals surface area contributed by atoms with Crippen LogP contribution >= 0.6 is 0 Å². The lowest BCUT2D eigenvalue weighted by Crippen LogP contribution is -2.24. The minimum atomic E-state index is -0.349. The zero-order chi connectivity index (χ0) is 14.9. The van der Waals surface area contributed by atoms with Gasteiger partial charge < -0.3 is 9.47 Å². The Morgan fingerprint density at radius 3 is 2.95 bits per heavy atom. The SMILES string of the molecule is COc1cccc(OCC(=O)N/N=C/c2cccnc2)c1. The van der Waals surface area contributed by atoms with Crippen molar-refractivity contribution in [2.45, 2.75) is 0 Å². The Bertz CT molecular complexity index is 615. The van der Waals surface area contributed by atoms with Gasteiger partial charge in [-0.15, -0.1) is 0 Å². The first-order valence-corrected chi connectivity index (χ1v) is 6.27. The standard InChI is InChI=1S/C15H15N3O3/c1-20-13-5-2-6-14(8-13)21-11-15(19)18-17-10-12-4-3-7-16-9-12/h2-10H,11H2,1H3,(H,18,19)/b17-10+. The van der Waals surface area contributed by atoms with Gasteiger partial charge in [-0.1, -0.05) is 12.1 Å². The maximum absolute atomic E-state index is 11.6. The van der Waals surface area contributed by atoms with Crippen LogP contribution in [0.4, 0.5) is 0 Å². The number of aromatic nitrogens is 1. The van der Waals surface area contributed by atoms with Gasteiger partial charge in [0, 0.05) is 24.0 Å². The summed E-state index contributed by atoms with van der Waals surface area (Å²) in [6.07, 6.45) is 4.82. The number of hydrazone groups is 1. The average molecular weight is 285 g/mol. The molecule has 0 radical (unpaired) electrons. The highest BCUT2D eigenvalue weighted by molar-refractivity contribution is 5.82. The van der Waals surface area contributed by atoms with E-state index in [2.05, 4.69) is 15.5 Å². The molecule has 0 saturated heterocycles. The fourth-order valence-corrected chi connectivity index (χ4v) is 1.50. The highest BCUT2D eigenvalue weighted by Gasteiger charge is 2.02. The van der Waals surface area contributed by atoms with Crippen LogP contribution in [-0.2, 0) is 4.79 Å². The van der Waals surface area contributed by atoms with E-state index in [1.807, 2.05) is 6.07 Å². The van der Waals surface area contributed by atoms with Gasteiger partial charge in [0.2, 0.25) is 0 Å². The van der Waals surface area contributed by atoms with Crippen LogP contribution in [-0.4, -0.2) is 30.8 Å². The van der Waals surface area contributed by atoms with Gasteiger partial charge in [-0.25, -0.2) is 5.43 Å². The number of ether oxygens (including phenoxy) is 2. The van der Waals surface area contributed by atoms with Crippen LogP contribution in [0.15, 0.2) is 53.9 Å². The van der Waals surface area contributed by atoms with Crippen molar-refractivity contribution in [1.29, 1.82) is 0 Å². The van der Waals surface area contributed by atoms with Gasteiger partial charge >= 0.3 is 0 Å². The van der Waals surface area contributed by atoms with E-state index < -0.39 is 0 Å².